The second-order valence-corrected chi connectivity index (χ2v) is 10.9. The number of carboxylic acids is 1. The average Bonchev–Trinajstić information content (AvgIpc) is 3.53. The highest BCUT2D eigenvalue weighted by Crippen LogP contribution is 2.38. The number of fused-ring (bicyclic) bond motifs is 1. The third-order valence-electron chi connectivity index (χ3n) is 8.00. The van der Waals surface area contributed by atoms with Crippen LogP contribution in [0, 0.1) is 5.95 Å². The number of aromatic carboxylic acids is 1. The Hall–Kier alpha value is -4.04. The molecule has 4 heterocycles. The number of oxime groups is 1. The summed E-state index contributed by atoms with van der Waals surface area (Å²) >= 11 is 0. The number of benzene rings is 2. The summed E-state index contributed by atoms with van der Waals surface area (Å²) in [5.74, 6) is -1.42. The zero-order valence-corrected chi connectivity index (χ0v) is 22.1. The molecule has 1 N–H and O–H groups in total. The van der Waals surface area contributed by atoms with E-state index in [-0.39, 0.29) is 11.2 Å². The summed E-state index contributed by atoms with van der Waals surface area (Å²) in [5.41, 5.74) is 6.12. The van der Waals surface area contributed by atoms with Gasteiger partial charge in [-0.25, -0.2) is 9.78 Å². The number of pyridine rings is 1. The van der Waals surface area contributed by atoms with E-state index in [2.05, 4.69) is 57.9 Å². The second kappa shape index (κ2) is 9.93. The van der Waals surface area contributed by atoms with Gasteiger partial charge in [0.1, 0.15) is 5.60 Å². The van der Waals surface area contributed by atoms with E-state index in [0.717, 1.165) is 61.3 Å². The molecule has 0 aliphatic carbocycles. The molecule has 1 saturated heterocycles. The van der Waals surface area contributed by atoms with Gasteiger partial charge >= 0.3 is 5.97 Å². The fourth-order valence-corrected chi connectivity index (χ4v) is 5.83. The smallest absolute Gasteiger partial charge is 0.335 e. The van der Waals surface area contributed by atoms with Crippen LogP contribution in [0.1, 0.15) is 60.6 Å². The number of carbonyl (C=O) groups is 1. The third-order valence-corrected chi connectivity index (χ3v) is 8.00. The molecule has 1 fully saturated rings. The lowest BCUT2D eigenvalue weighted by molar-refractivity contribution is -0.0626. The normalized spacial score (nSPS) is 17.1. The van der Waals surface area contributed by atoms with Crippen molar-refractivity contribution in [1.82, 2.24) is 14.5 Å². The molecule has 0 bridgehead atoms. The van der Waals surface area contributed by atoms with Crippen LogP contribution in [0.25, 0.3) is 22.0 Å². The molecular formula is C31H31FN4O3. The largest absolute Gasteiger partial charge is 0.478 e. The lowest BCUT2D eigenvalue weighted by Crippen LogP contribution is -2.44. The zero-order chi connectivity index (χ0) is 27.1. The van der Waals surface area contributed by atoms with Gasteiger partial charge in [-0.05, 0) is 60.9 Å². The van der Waals surface area contributed by atoms with Crippen LogP contribution in [0.15, 0.2) is 72.1 Å². The predicted molar refractivity (Wildman–Crippen MR) is 148 cm³/mol. The van der Waals surface area contributed by atoms with Crippen molar-refractivity contribution in [1.29, 1.82) is 0 Å². The zero-order valence-electron chi connectivity index (χ0n) is 22.1. The molecule has 0 saturated carbocycles. The Morgan fingerprint density at radius 1 is 1.08 bits per heavy atom. The number of hydrogen-bond donors (Lipinski definition) is 1. The molecule has 4 aromatic rings. The van der Waals surface area contributed by atoms with Crippen LogP contribution in [0.5, 0.6) is 0 Å². The predicted octanol–water partition coefficient (Wildman–Crippen LogP) is 6.28. The molecule has 39 heavy (non-hydrogen) atoms. The van der Waals surface area contributed by atoms with E-state index in [0.29, 0.717) is 6.04 Å². The Morgan fingerprint density at radius 3 is 2.49 bits per heavy atom. The minimum Gasteiger partial charge on any atom is -0.478 e. The minimum atomic E-state index is -0.937. The van der Waals surface area contributed by atoms with E-state index in [1.807, 2.05) is 0 Å². The lowest BCUT2D eigenvalue weighted by atomic mass is 9.85. The molecule has 0 amide bonds. The molecule has 0 unspecified atom stereocenters. The van der Waals surface area contributed by atoms with Crippen LogP contribution >= 0.6 is 0 Å². The van der Waals surface area contributed by atoms with Crippen molar-refractivity contribution in [3.8, 4) is 11.1 Å². The fraction of sp³-hybridized carbons (Fsp3) is 0.323. The SMILES string of the molecule is CC(C)n1cc(CN2CCC3(CC2)CC(c2ccc(C(=O)O)cc2)=NO3)c2c(-c3ccc(F)nc3)cccc21. The van der Waals surface area contributed by atoms with Crippen LogP contribution in [-0.4, -0.2) is 49.9 Å². The Kier molecular flexibility index (Phi) is 6.43. The molecule has 2 aliphatic rings. The fourth-order valence-electron chi connectivity index (χ4n) is 5.83. The lowest BCUT2D eigenvalue weighted by Gasteiger charge is -2.37. The van der Waals surface area contributed by atoms with Gasteiger partial charge in [0.25, 0.3) is 0 Å². The third kappa shape index (κ3) is 4.81. The van der Waals surface area contributed by atoms with Gasteiger partial charge in [-0.1, -0.05) is 29.4 Å². The van der Waals surface area contributed by atoms with Crippen LogP contribution in [0.3, 0.4) is 0 Å². The van der Waals surface area contributed by atoms with E-state index in [4.69, 9.17) is 9.94 Å². The maximum absolute atomic E-state index is 13.5. The first kappa shape index (κ1) is 25.2. The number of piperidine rings is 1. The van der Waals surface area contributed by atoms with Crippen LogP contribution in [-0.2, 0) is 11.4 Å². The second-order valence-electron chi connectivity index (χ2n) is 10.9. The van der Waals surface area contributed by atoms with Gasteiger partial charge in [0, 0.05) is 73.8 Å². The van der Waals surface area contributed by atoms with E-state index >= 15 is 0 Å². The highest BCUT2D eigenvalue weighted by molar-refractivity contribution is 6.02. The molecule has 1 spiro atoms. The summed E-state index contributed by atoms with van der Waals surface area (Å²) in [6, 6.07) is 16.6. The van der Waals surface area contributed by atoms with Crippen LogP contribution in [0.4, 0.5) is 4.39 Å². The van der Waals surface area contributed by atoms with Crippen molar-refractivity contribution < 1.29 is 19.1 Å². The molecule has 2 aromatic carbocycles. The monoisotopic (exact) mass is 526 g/mol. The number of nitrogens with zero attached hydrogens (tertiary/aromatic N) is 4. The molecule has 6 rings (SSSR count). The van der Waals surface area contributed by atoms with Crippen molar-refractivity contribution in [2.45, 2.75) is 51.3 Å². The Bertz CT molecular complexity index is 1550. The summed E-state index contributed by atoms with van der Waals surface area (Å²) < 4.78 is 15.9. The van der Waals surface area contributed by atoms with Gasteiger partial charge in [-0.15, -0.1) is 0 Å². The Morgan fingerprint density at radius 2 is 1.82 bits per heavy atom. The molecule has 7 nitrogen and oxygen atoms in total. The first-order valence-electron chi connectivity index (χ1n) is 13.4. The van der Waals surface area contributed by atoms with Gasteiger partial charge in [-0.2, -0.15) is 4.39 Å². The van der Waals surface area contributed by atoms with E-state index in [1.165, 1.54) is 22.5 Å². The first-order chi connectivity index (χ1) is 18.8. The van der Waals surface area contributed by atoms with Crippen molar-refractivity contribution in [3.63, 3.8) is 0 Å². The highest BCUT2D eigenvalue weighted by Gasteiger charge is 2.42. The maximum atomic E-state index is 13.5. The molecule has 0 radical (unpaired) electrons. The molecule has 2 aliphatic heterocycles. The maximum Gasteiger partial charge on any atom is 0.335 e. The molecule has 200 valence electrons. The number of halogens is 1. The minimum absolute atomic E-state index is 0.263. The van der Waals surface area contributed by atoms with Gasteiger partial charge in [0.05, 0.1) is 11.3 Å². The van der Waals surface area contributed by atoms with Gasteiger partial charge in [-0.3, -0.25) is 4.90 Å². The number of carboxylic acid groups (broad SMARTS) is 1. The Balaban J connectivity index is 1.20. The molecule has 0 atom stereocenters. The van der Waals surface area contributed by atoms with Crippen molar-refractivity contribution >= 4 is 22.6 Å². The molecule has 8 heteroatoms. The summed E-state index contributed by atoms with van der Waals surface area (Å²) in [7, 11) is 0. The van der Waals surface area contributed by atoms with Gasteiger partial charge in [0.2, 0.25) is 5.95 Å². The van der Waals surface area contributed by atoms with Crippen molar-refractivity contribution in [3.05, 3.63) is 89.6 Å². The number of aromatic nitrogens is 2. The molecular weight excluding hydrogens is 495 g/mol. The summed E-state index contributed by atoms with van der Waals surface area (Å²) in [6.45, 7) is 6.95. The van der Waals surface area contributed by atoms with E-state index in [1.54, 1.807) is 36.5 Å². The quantitative estimate of drug-likeness (QED) is 0.299. The highest BCUT2D eigenvalue weighted by atomic mass is 19.1. The molecule has 2 aromatic heterocycles. The standard InChI is InChI=1S/C31H31FN4O3/c1-20(2)36-19-24(29-25(4-3-5-27(29)36)23-10-11-28(32)33-17-23)18-35-14-12-31(13-15-35)16-26(34-39-31)21-6-8-22(9-7-21)30(37)38/h3-11,17,19-20H,12-16,18H2,1-2H3,(H,37,38). The topological polar surface area (TPSA) is 80.0 Å². The van der Waals surface area contributed by atoms with E-state index < -0.39 is 11.9 Å². The van der Waals surface area contributed by atoms with Crippen LogP contribution in [0.2, 0.25) is 0 Å². The number of rotatable bonds is 6. The van der Waals surface area contributed by atoms with Crippen molar-refractivity contribution in [2.24, 2.45) is 5.16 Å². The van der Waals surface area contributed by atoms with Crippen molar-refractivity contribution in [2.75, 3.05) is 13.1 Å². The summed E-state index contributed by atoms with van der Waals surface area (Å²) in [6.07, 6.45) is 6.32. The van der Waals surface area contributed by atoms with Gasteiger partial charge < -0.3 is 14.5 Å². The first-order valence-corrected chi connectivity index (χ1v) is 13.4. The number of hydrogen-bond acceptors (Lipinski definition) is 5. The summed E-state index contributed by atoms with van der Waals surface area (Å²) in [4.78, 5) is 23.6. The Labute approximate surface area is 226 Å². The number of likely N-dealkylation sites (tertiary alicyclic amines) is 1. The average molecular weight is 527 g/mol. The summed E-state index contributed by atoms with van der Waals surface area (Å²) in [5, 5.41) is 14.7. The van der Waals surface area contributed by atoms with E-state index in [9.17, 15) is 9.18 Å². The van der Waals surface area contributed by atoms with Gasteiger partial charge in [0.15, 0.2) is 0 Å². The van der Waals surface area contributed by atoms with Crippen LogP contribution < -0.4 is 0 Å².